The maximum Gasteiger partial charge on any atom is 0.0775 e. The van der Waals surface area contributed by atoms with Gasteiger partial charge in [-0.3, -0.25) is 4.68 Å². The van der Waals surface area contributed by atoms with E-state index in [4.69, 9.17) is 9.84 Å². The molecule has 1 aliphatic heterocycles. The number of hydrogen-bond donors (Lipinski definition) is 1. The normalized spacial score (nSPS) is 24.9. The fourth-order valence-electron chi connectivity index (χ4n) is 3.16. The van der Waals surface area contributed by atoms with E-state index in [0.29, 0.717) is 18.2 Å². The van der Waals surface area contributed by atoms with Gasteiger partial charge in [-0.2, -0.15) is 5.10 Å². The lowest BCUT2D eigenvalue weighted by Gasteiger charge is -2.16. The molecule has 0 aliphatic carbocycles. The van der Waals surface area contributed by atoms with Gasteiger partial charge in [-0.15, -0.1) is 0 Å². The molecule has 1 fully saturated rings. The summed E-state index contributed by atoms with van der Waals surface area (Å²) in [5.74, 6) is 0. The van der Waals surface area contributed by atoms with Gasteiger partial charge in [0.25, 0.3) is 0 Å². The minimum atomic E-state index is 0.329. The van der Waals surface area contributed by atoms with Crippen molar-refractivity contribution in [2.45, 2.75) is 71.8 Å². The van der Waals surface area contributed by atoms with Crippen molar-refractivity contribution in [3.8, 4) is 0 Å². The molecular formula is C15H27N3O. The first kappa shape index (κ1) is 14.5. The van der Waals surface area contributed by atoms with E-state index in [1.807, 2.05) is 7.05 Å². The first-order valence-corrected chi connectivity index (χ1v) is 7.43. The molecule has 3 unspecified atom stereocenters. The molecule has 1 aliphatic rings. The van der Waals surface area contributed by atoms with Gasteiger partial charge in [0, 0.05) is 17.3 Å². The molecule has 4 nitrogen and oxygen atoms in total. The quantitative estimate of drug-likeness (QED) is 0.889. The van der Waals surface area contributed by atoms with Crippen molar-refractivity contribution >= 4 is 0 Å². The van der Waals surface area contributed by atoms with E-state index in [-0.39, 0.29) is 0 Å². The van der Waals surface area contributed by atoms with E-state index in [9.17, 15) is 0 Å². The van der Waals surface area contributed by atoms with Crippen LogP contribution in [0.2, 0.25) is 0 Å². The standard InChI is InChI=1S/C15H27N3O/c1-6-14(16-5)15-11(3)17-18(12(15)4)9-13-8-7-10(2)19-13/h10,13-14,16H,6-9H2,1-5H3. The zero-order chi connectivity index (χ0) is 14.0. The van der Waals surface area contributed by atoms with Crippen LogP contribution in [-0.4, -0.2) is 29.0 Å². The van der Waals surface area contributed by atoms with Crippen LogP contribution in [0.1, 0.15) is 56.1 Å². The summed E-state index contributed by atoms with van der Waals surface area (Å²) < 4.78 is 8.04. The average molecular weight is 265 g/mol. The Labute approximate surface area is 116 Å². The largest absolute Gasteiger partial charge is 0.373 e. The van der Waals surface area contributed by atoms with Crippen molar-refractivity contribution in [3.05, 3.63) is 17.0 Å². The van der Waals surface area contributed by atoms with Crippen LogP contribution < -0.4 is 5.32 Å². The average Bonchev–Trinajstić information content (AvgIpc) is 2.89. The van der Waals surface area contributed by atoms with E-state index >= 15 is 0 Å². The van der Waals surface area contributed by atoms with Gasteiger partial charge in [-0.25, -0.2) is 0 Å². The monoisotopic (exact) mass is 265 g/mol. The van der Waals surface area contributed by atoms with E-state index in [0.717, 1.165) is 25.1 Å². The van der Waals surface area contributed by atoms with Crippen molar-refractivity contribution in [1.82, 2.24) is 15.1 Å². The number of rotatable bonds is 5. The highest BCUT2D eigenvalue weighted by Crippen LogP contribution is 2.26. The first-order valence-electron chi connectivity index (χ1n) is 7.43. The minimum Gasteiger partial charge on any atom is -0.373 e. The summed E-state index contributed by atoms with van der Waals surface area (Å²) in [6.07, 6.45) is 4.14. The molecule has 0 spiro atoms. The van der Waals surface area contributed by atoms with Crippen LogP contribution in [-0.2, 0) is 11.3 Å². The zero-order valence-corrected chi connectivity index (χ0v) is 12.9. The Hall–Kier alpha value is -0.870. The maximum absolute atomic E-state index is 5.91. The highest BCUT2D eigenvalue weighted by molar-refractivity contribution is 5.28. The molecule has 0 saturated carbocycles. The summed E-state index contributed by atoms with van der Waals surface area (Å²) >= 11 is 0. The molecule has 3 atom stereocenters. The van der Waals surface area contributed by atoms with Crippen molar-refractivity contribution in [2.24, 2.45) is 0 Å². The highest BCUT2D eigenvalue weighted by Gasteiger charge is 2.25. The smallest absolute Gasteiger partial charge is 0.0775 e. The molecule has 4 heteroatoms. The van der Waals surface area contributed by atoms with Crippen LogP contribution in [0.3, 0.4) is 0 Å². The molecular weight excluding hydrogens is 238 g/mol. The Kier molecular flexibility index (Phi) is 4.63. The highest BCUT2D eigenvalue weighted by atomic mass is 16.5. The molecule has 0 bridgehead atoms. The molecule has 108 valence electrons. The molecule has 19 heavy (non-hydrogen) atoms. The Morgan fingerprint density at radius 3 is 2.68 bits per heavy atom. The SMILES string of the molecule is CCC(NC)c1c(C)nn(CC2CCC(C)O2)c1C. The van der Waals surface area contributed by atoms with E-state index in [2.05, 4.69) is 37.7 Å². The van der Waals surface area contributed by atoms with Crippen molar-refractivity contribution < 1.29 is 4.74 Å². The number of aryl methyl sites for hydroxylation is 1. The summed E-state index contributed by atoms with van der Waals surface area (Å²) in [5, 5.41) is 8.09. The first-order chi connectivity index (χ1) is 9.06. The molecule has 0 aromatic carbocycles. The molecule has 1 aromatic heterocycles. The molecule has 2 heterocycles. The summed E-state index contributed by atoms with van der Waals surface area (Å²) in [6, 6.07) is 0.400. The third-order valence-electron chi connectivity index (χ3n) is 4.24. The molecule has 0 radical (unpaired) electrons. The Bertz CT molecular complexity index is 423. The lowest BCUT2D eigenvalue weighted by molar-refractivity contribution is 0.0432. The fraction of sp³-hybridized carbons (Fsp3) is 0.800. The second-order valence-electron chi connectivity index (χ2n) is 5.66. The predicted octanol–water partition coefficient (Wildman–Crippen LogP) is 2.74. The van der Waals surface area contributed by atoms with Crippen LogP contribution >= 0.6 is 0 Å². The third-order valence-corrected chi connectivity index (χ3v) is 4.24. The molecule has 2 rings (SSSR count). The predicted molar refractivity (Wildman–Crippen MR) is 77.4 cm³/mol. The van der Waals surface area contributed by atoms with E-state index in [1.54, 1.807) is 0 Å². The number of hydrogen-bond acceptors (Lipinski definition) is 3. The number of aromatic nitrogens is 2. The van der Waals surface area contributed by atoms with Crippen LogP contribution in [0.25, 0.3) is 0 Å². The van der Waals surface area contributed by atoms with Crippen LogP contribution in [0.5, 0.6) is 0 Å². The second kappa shape index (κ2) is 6.06. The molecule has 1 N–H and O–H groups in total. The molecule has 0 amide bonds. The van der Waals surface area contributed by atoms with Crippen molar-refractivity contribution in [2.75, 3.05) is 7.05 Å². The van der Waals surface area contributed by atoms with Crippen LogP contribution in [0, 0.1) is 13.8 Å². The number of nitrogens with zero attached hydrogens (tertiary/aromatic N) is 2. The molecule has 1 aromatic rings. The lowest BCUT2D eigenvalue weighted by atomic mass is 10.0. The summed E-state index contributed by atoms with van der Waals surface area (Å²) in [4.78, 5) is 0. The van der Waals surface area contributed by atoms with Gasteiger partial charge in [0.05, 0.1) is 24.4 Å². The van der Waals surface area contributed by atoms with Gasteiger partial charge in [0.2, 0.25) is 0 Å². The fourth-order valence-corrected chi connectivity index (χ4v) is 3.16. The number of ether oxygens (including phenoxy) is 1. The number of nitrogens with one attached hydrogen (secondary N) is 1. The Morgan fingerprint density at radius 2 is 2.16 bits per heavy atom. The topological polar surface area (TPSA) is 39.1 Å². The van der Waals surface area contributed by atoms with Gasteiger partial charge >= 0.3 is 0 Å². The van der Waals surface area contributed by atoms with Crippen molar-refractivity contribution in [3.63, 3.8) is 0 Å². The van der Waals surface area contributed by atoms with E-state index < -0.39 is 0 Å². The van der Waals surface area contributed by atoms with Gasteiger partial charge in [0.1, 0.15) is 0 Å². The minimum absolute atomic E-state index is 0.329. The lowest BCUT2D eigenvalue weighted by Crippen LogP contribution is -2.19. The zero-order valence-electron chi connectivity index (χ0n) is 12.9. The molecule has 1 saturated heterocycles. The van der Waals surface area contributed by atoms with Gasteiger partial charge in [-0.05, 0) is 47.1 Å². The van der Waals surface area contributed by atoms with Crippen LogP contribution in [0.15, 0.2) is 0 Å². The summed E-state index contributed by atoms with van der Waals surface area (Å²) in [7, 11) is 2.02. The third kappa shape index (κ3) is 3.00. The summed E-state index contributed by atoms with van der Waals surface area (Å²) in [6.45, 7) is 9.53. The second-order valence-corrected chi connectivity index (χ2v) is 5.66. The Balaban J connectivity index is 2.16. The summed E-state index contributed by atoms with van der Waals surface area (Å²) in [5.41, 5.74) is 3.78. The van der Waals surface area contributed by atoms with E-state index in [1.165, 1.54) is 17.7 Å². The van der Waals surface area contributed by atoms with Gasteiger partial charge in [0.15, 0.2) is 0 Å². The Morgan fingerprint density at radius 1 is 1.42 bits per heavy atom. The van der Waals surface area contributed by atoms with Crippen molar-refractivity contribution in [1.29, 1.82) is 0 Å². The maximum atomic E-state index is 5.91. The van der Waals surface area contributed by atoms with Crippen LogP contribution in [0.4, 0.5) is 0 Å². The van der Waals surface area contributed by atoms with Gasteiger partial charge < -0.3 is 10.1 Å². The van der Waals surface area contributed by atoms with Gasteiger partial charge in [-0.1, -0.05) is 6.92 Å².